The smallest absolute Gasteiger partial charge is 0.346 e. The van der Waals surface area contributed by atoms with Crippen LogP contribution in [-0.2, 0) is 19.2 Å². The molecule has 0 aliphatic heterocycles. The van der Waals surface area contributed by atoms with Crippen molar-refractivity contribution in [2.45, 2.75) is 0 Å². The van der Waals surface area contributed by atoms with Crippen molar-refractivity contribution in [2.24, 2.45) is 5.16 Å². The molecule has 1 aromatic heterocycles. The first-order valence-corrected chi connectivity index (χ1v) is 4.98. The van der Waals surface area contributed by atoms with E-state index in [-0.39, 0.29) is 12.3 Å². The van der Waals surface area contributed by atoms with Crippen LogP contribution in [0.3, 0.4) is 0 Å². The van der Waals surface area contributed by atoms with E-state index in [0.29, 0.717) is 17.1 Å². The number of oxime groups is 1. The van der Waals surface area contributed by atoms with E-state index in [0.717, 1.165) is 0 Å². The summed E-state index contributed by atoms with van der Waals surface area (Å²) in [5.41, 5.74) is 5.67. The Bertz CT molecular complexity index is 415. The van der Waals surface area contributed by atoms with Crippen LogP contribution in [0.4, 0.5) is 5.13 Å². The Labute approximate surface area is 94.9 Å². The fourth-order valence-electron chi connectivity index (χ4n) is 0.747. The Morgan fingerprint density at radius 3 is 3.00 bits per heavy atom. The first-order valence-electron chi connectivity index (χ1n) is 4.10. The lowest BCUT2D eigenvalue weighted by Crippen LogP contribution is -2.10. The molecule has 0 unspecified atom stereocenters. The van der Waals surface area contributed by atoms with Gasteiger partial charge in [0.15, 0.2) is 17.1 Å². The van der Waals surface area contributed by atoms with Crippen molar-refractivity contribution in [3.63, 3.8) is 0 Å². The summed E-state index contributed by atoms with van der Waals surface area (Å²) >= 11 is 1.17. The van der Waals surface area contributed by atoms with Crippen molar-refractivity contribution in [3.8, 4) is 0 Å². The largest absolute Gasteiger partial charge is 0.466 e. The molecule has 0 bridgehead atoms. The number of hydrogen-bond acceptors (Lipinski definition) is 8. The van der Waals surface area contributed by atoms with Gasteiger partial charge in [0.2, 0.25) is 6.61 Å². The zero-order valence-electron chi connectivity index (χ0n) is 8.37. The standard InChI is InChI=1S/C8H9N3O4S/c1-14-7(13)3-15-11-5(2-12)6-4-16-8(9)10-6/h2,4H,3H2,1H3,(H2,9,10). The Kier molecular flexibility index (Phi) is 4.40. The molecular weight excluding hydrogens is 234 g/mol. The number of carbonyl (C=O) groups excluding carboxylic acids is 2. The quantitative estimate of drug-likeness (QED) is 0.333. The van der Waals surface area contributed by atoms with Gasteiger partial charge < -0.3 is 15.3 Å². The van der Waals surface area contributed by atoms with E-state index in [4.69, 9.17) is 5.73 Å². The van der Waals surface area contributed by atoms with E-state index in [9.17, 15) is 9.59 Å². The fourth-order valence-corrected chi connectivity index (χ4v) is 1.30. The number of rotatable bonds is 5. The molecule has 0 aliphatic rings. The Morgan fingerprint density at radius 2 is 2.50 bits per heavy atom. The maximum absolute atomic E-state index is 10.7. The van der Waals surface area contributed by atoms with Crippen LogP contribution < -0.4 is 5.73 Å². The molecule has 0 saturated carbocycles. The molecule has 86 valence electrons. The third-order valence-electron chi connectivity index (χ3n) is 1.47. The van der Waals surface area contributed by atoms with Gasteiger partial charge in [-0.2, -0.15) is 0 Å². The van der Waals surface area contributed by atoms with E-state index in [1.165, 1.54) is 18.4 Å². The van der Waals surface area contributed by atoms with Crippen LogP contribution in [0.1, 0.15) is 5.69 Å². The van der Waals surface area contributed by atoms with Crippen LogP contribution >= 0.6 is 11.3 Å². The molecule has 0 fully saturated rings. The molecule has 8 heteroatoms. The molecule has 7 nitrogen and oxygen atoms in total. The van der Waals surface area contributed by atoms with Crippen LogP contribution in [0.25, 0.3) is 0 Å². The third kappa shape index (κ3) is 3.31. The summed E-state index contributed by atoms with van der Waals surface area (Å²) in [4.78, 5) is 29.8. The number of aromatic nitrogens is 1. The summed E-state index contributed by atoms with van der Waals surface area (Å²) < 4.78 is 4.32. The van der Waals surface area contributed by atoms with Crippen molar-refractivity contribution >= 4 is 34.4 Å². The molecule has 0 spiro atoms. The maximum Gasteiger partial charge on any atom is 0.346 e. The average Bonchev–Trinajstić information content (AvgIpc) is 2.70. The summed E-state index contributed by atoms with van der Waals surface area (Å²) in [6, 6.07) is 0. The molecule has 2 N–H and O–H groups in total. The minimum absolute atomic E-state index is 0.0307. The lowest BCUT2D eigenvalue weighted by Gasteiger charge is -1.97. The second-order valence-corrected chi connectivity index (χ2v) is 3.40. The topological polar surface area (TPSA) is 104 Å². The number of esters is 1. The van der Waals surface area contributed by atoms with Gasteiger partial charge in [-0.1, -0.05) is 5.16 Å². The van der Waals surface area contributed by atoms with Crippen LogP contribution in [0.15, 0.2) is 10.5 Å². The van der Waals surface area contributed by atoms with Crippen LogP contribution in [0.2, 0.25) is 0 Å². The average molecular weight is 243 g/mol. The molecule has 1 aromatic rings. The molecule has 0 saturated heterocycles. The summed E-state index contributed by atoms with van der Waals surface area (Å²) in [6.07, 6.45) is 0.464. The molecule has 1 heterocycles. The van der Waals surface area contributed by atoms with Crippen LogP contribution in [0, 0.1) is 0 Å². The van der Waals surface area contributed by atoms with Crippen LogP contribution in [0.5, 0.6) is 0 Å². The van der Waals surface area contributed by atoms with Gasteiger partial charge in [0.25, 0.3) is 0 Å². The van der Waals surface area contributed by atoms with E-state index in [1.54, 1.807) is 5.38 Å². The maximum atomic E-state index is 10.7. The number of ether oxygens (including phenoxy) is 1. The Morgan fingerprint density at radius 1 is 1.75 bits per heavy atom. The monoisotopic (exact) mass is 243 g/mol. The van der Waals surface area contributed by atoms with Crippen molar-refractivity contribution in [3.05, 3.63) is 11.1 Å². The van der Waals surface area contributed by atoms with Crippen molar-refractivity contribution in [1.29, 1.82) is 0 Å². The molecule has 0 amide bonds. The van der Waals surface area contributed by atoms with E-state index >= 15 is 0 Å². The fraction of sp³-hybridized carbons (Fsp3) is 0.250. The van der Waals surface area contributed by atoms with Crippen molar-refractivity contribution in [2.75, 3.05) is 19.5 Å². The van der Waals surface area contributed by atoms with Crippen LogP contribution in [-0.4, -0.2) is 36.7 Å². The number of anilines is 1. The summed E-state index contributed by atoms with van der Waals surface area (Å²) in [6.45, 7) is -0.368. The zero-order valence-corrected chi connectivity index (χ0v) is 9.19. The van der Waals surface area contributed by atoms with E-state index in [2.05, 4.69) is 19.7 Å². The van der Waals surface area contributed by atoms with Crippen molar-refractivity contribution in [1.82, 2.24) is 4.98 Å². The Hall–Kier alpha value is -1.96. The van der Waals surface area contributed by atoms with Gasteiger partial charge in [-0.25, -0.2) is 9.78 Å². The van der Waals surface area contributed by atoms with Gasteiger partial charge in [-0.15, -0.1) is 11.3 Å². The highest BCUT2D eigenvalue weighted by Gasteiger charge is 2.08. The molecular formula is C8H9N3O4S. The number of carbonyl (C=O) groups is 2. The molecule has 16 heavy (non-hydrogen) atoms. The second kappa shape index (κ2) is 5.81. The molecule has 1 rings (SSSR count). The van der Waals surface area contributed by atoms with Gasteiger partial charge in [-0.05, 0) is 0 Å². The third-order valence-corrected chi connectivity index (χ3v) is 2.14. The number of nitrogens with two attached hydrogens (primary N) is 1. The second-order valence-electron chi connectivity index (χ2n) is 2.51. The number of methoxy groups -OCH3 is 1. The minimum atomic E-state index is -0.591. The predicted molar refractivity (Wildman–Crippen MR) is 57.1 cm³/mol. The van der Waals surface area contributed by atoms with E-state index < -0.39 is 5.97 Å². The number of thiazole rings is 1. The number of nitrogens with zero attached hydrogens (tertiary/aromatic N) is 2. The Balaban J connectivity index is 2.64. The number of hydrogen-bond donors (Lipinski definition) is 1. The van der Waals surface area contributed by atoms with E-state index in [1.807, 2.05) is 0 Å². The SMILES string of the molecule is COC(=O)CON=C(C=O)c1csc(N)n1. The first-order chi connectivity index (χ1) is 7.67. The summed E-state index contributed by atoms with van der Waals surface area (Å²) in [5.74, 6) is -0.591. The summed E-state index contributed by atoms with van der Waals surface area (Å²) in [5, 5.41) is 5.33. The highest BCUT2D eigenvalue weighted by molar-refractivity contribution is 7.13. The highest BCUT2D eigenvalue weighted by atomic mass is 32.1. The minimum Gasteiger partial charge on any atom is -0.466 e. The molecule has 0 radical (unpaired) electrons. The van der Waals surface area contributed by atoms with Crippen molar-refractivity contribution < 1.29 is 19.2 Å². The molecule has 0 aromatic carbocycles. The number of nitrogen functional groups attached to an aromatic ring is 1. The van der Waals surface area contributed by atoms with Gasteiger partial charge in [0.05, 0.1) is 7.11 Å². The normalized spacial score (nSPS) is 10.9. The van der Waals surface area contributed by atoms with Gasteiger partial charge >= 0.3 is 5.97 Å². The predicted octanol–water partition coefficient (Wildman–Crippen LogP) is -0.182. The lowest BCUT2D eigenvalue weighted by atomic mass is 10.3. The lowest BCUT2D eigenvalue weighted by molar-refractivity contribution is -0.145. The van der Waals surface area contributed by atoms with Gasteiger partial charge in [-0.3, -0.25) is 4.79 Å². The van der Waals surface area contributed by atoms with Gasteiger partial charge in [0.1, 0.15) is 5.69 Å². The zero-order chi connectivity index (χ0) is 12.0. The summed E-state index contributed by atoms with van der Waals surface area (Å²) in [7, 11) is 1.22. The first kappa shape index (κ1) is 12.1. The van der Waals surface area contributed by atoms with Gasteiger partial charge in [0, 0.05) is 5.38 Å². The molecule has 0 aliphatic carbocycles. The number of aldehydes is 1. The molecule has 0 atom stereocenters. The highest BCUT2D eigenvalue weighted by Crippen LogP contribution is 2.11.